The lowest BCUT2D eigenvalue weighted by molar-refractivity contribution is -0.124. The molecule has 0 aliphatic heterocycles. The summed E-state index contributed by atoms with van der Waals surface area (Å²) in [5.74, 6) is -0.769. The maximum atomic E-state index is 12.0. The maximum absolute atomic E-state index is 12.0. The number of hydrogen-bond donors (Lipinski definition) is 1. The van der Waals surface area contributed by atoms with Crippen LogP contribution in [-0.2, 0) is 9.53 Å². The molecule has 3 aromatic rings. The zero-order valence-electron chi connectivity index (χ0n) is 13.9. The Kier molecular flexibility index (Phi) is 5.09. The summed E-state index contributed by atoms with van der Waals surface area (Å²) in [4.78, 5) is 28.0. The van der Waals surface area contributed by atoms with Crippen LogP contribution >= 0.6 is 0 Å². The van der Waals surface area contributed by atoms with Gasteiger partial charge >= 0.3 is 5.97 Å². The zero-order valence-corrected chi connectivity index (χ0v) is 13.9. The summed E-state index contributed by atoms with van der Waals surface area (Å²) in [5, 5.41) is 2.77. The molecule has 0 aliphatic rings. The Labute approximate surface area is 145 Å². The number of pyridine rings is 1. The molecule has 1 aromatic carbocycles. The summed E-state index contributed by atoms with van der Waals surface area (Å²) in [6.07, 6.45) is 3.36. The number of aromatic nitrogens is 2. The van der Waals surface area contributed by atoms with E-state index in [0.29, 0.717) is 12.2 Å². The smallest absolute Gasteiger partial charge is 0.359 e. The van der Waals surface area contributed by atoms with Crippen molar-refractivity contribution in [3.05, 3.63) is 72.2 Å². The number of ether oxygens (including phenoxy) is 1. The van der Waals surface area contributed by atoms with Crippen molar-refractivity contribution >= 4 is 17.5 Å². The van der Waals surface area contributed by atoms with Crippen LogP contribution in [-0.4, -0.2) is 34.4 Å². The fourth-order valence-corrected chi connectivity index (χ4v) is 2.46. The first-order chi connectivity index (χ1) is 12.1. The molecule has 1 amide bonds. The molecule has 25 heavy (non-hydrogen) atoms. The average Bonchev–Trinajstić information content (AvgIpc) is 3.09. The van der Waals surface area contributed by atoms with Gasteiger partial charge in [-0.2, -0.15) is 0 Å². The van der Waals surface area contributed by atoms with Crippen molar-refractivity contribution in [1.29, 1.82) is 0 Å². The number of carbonyl (C=O) groups is 2. The highest BCUT2D eigenvalue weighted by atomic mass is 16.5. The number of carbonyl (C=O) groups excluding carboxylic acids is 2. The van der Waals surface area contributed by atoms with Gasteiger partial charge in [-0.1, -0.05) is 43.3 Å². The van der Waals surface area contributed by atoms with Gasteiger partial charge in [0.2, 0.25) is 0 Å². The highest BCUT2D eigenvalue weighted by Crippen LogP contribution is 2.12. The Morgan fingerprint density at radius 1 is 1.16 bits per heavy atom. The second-order valence-electron chi connectivity index (χ2n) is 5.78. The lowest BCUT2D eigenvalue weighted by atomic mass is 10.0. The van der Waals surface area contributed by atoms with E-state index in [1.54, 1.807) is 22.9 Å². The van der Waals surface area contributed by atoms with E-state index < -0.39 is 5.97 Å². The summed E-state index contributed by atoms with van der Waals surface area (Å²) < 4.78 is 6.75. The van der Waals surface area contributed by atoms with E-state index >= 15 is 0 Å². The number of hydrogen-bond acceptors (Lipinski definition) is 4. The molecule has 2 aromatic heterocycles. The van der Waals surface area contributed by atoms with Crippen molar-refractivity contribution in [3.8, 4) is 0 Å². The summed E-state index contributed by atoms with van der Waals surface area (Å²) in [7, 11) is 0. The summed E-state index contributed by atoms with van der Waals surface area (Å²) in [6, 6.07) is 15.4. The van der Waals surface area contributed by atoms with Crippen LogP contribution in [0.1, 0.15) is 28.9 Å². The number of imidazole rings is 1. The second-order valence-corrected chi connectivity index (χ2v) is 5.78. The Balaban J connectivity index is 1.47. The first-order valence-electron chi connectivity index (χ1n) is 8.06. The number of rotatable bonds is 6. The molecule has 128 valence electrons. The van der Waals surface area contributed by atoms with Gasteiger partial charge in [0.25, 0.3) is 5.91 Å². The summed E-state index contributed by atoms with van der Waals surface area (Å²) in [5.41, 5.74) is 1.97. The quantitative estimate of drug-likeness (QED) is 0.701. The van der Waals surface area contributed by atoms with Gasteiger partial charge in [-0.3, -0.25) is 4.79 Å². The predicted octanol–water partition coefficient (Wildman–Crippen LogP) is 2.41. The number of esters is 1. The van der Waals surface area contributed by atoms with Crippen LogP contribution < -0.4 is 5.32 Å². The topological polar surface area (TPSA) is 72.7 Å². The standard InChI is InChI=1S/C19H19N3O3/c1-14(15-7-3-2-4-8-15)11-20-18(23)13-25-19(24)16-12-22-10-6-5-9-17(22)21-16/h2-10,12,14H,11,13H2,1H3,(H,20,23)/t14-/m0/s1. The van der Waals surface area contributed by atoms with E-state index in [-0.39, 0.29) is 24.1 Å². The first kappa shape index (κ1) is 16.7. The van der Waals surface area contributed by atoms with Crippen molar-refractivity contribution in [2.75, 3.05) is 13.2 Å². The molecule has 0 fully saturated rings. The Morgan fingerprint density at radius 2 is 1.92 bits per heavy atom. The van der Waals surface area contributed by atoms with Crippen LogP contribution in [0.3, 0.4) is 0 Å². The highest BCUT2D eigenvalue weighted by Gasteiger charge is 2.14. The van der Waals surface area contributed by atoms with Crippen LogP contribution in [0, 0.1) is 0 Å². The third-order valence-electron chi connectivity index (χ3n) is 3.88. The minimum Gasteiger partial charge on any atom is -0.451 e. The monoisotopic (exact) mass is 337 g/mol. The van der Waals surface area contributed by atoms with E-state index in [2.05, 4.69) is 10.3 Å². The number of nitrogens with zero attached hydrogens (tertiary/aromatic N) is 2. The van der Waals surface area contributed by atoms with Crippen LogP contribution in [0.2, 0.25) is 0 Å². The van der Waals surface area contributed by atoms with Crippen molar-refractivity contribution in [1.82, 2.24) is 14.7 Å². The number of fused-ring (bicyclic) bond motifs is 1. The Bertz CT molecular complexity index is 841. The van der Waals surface area contributed by atoms with Gasteiger partial charge in [-0.05, 0) is 23.6 Å². The van der Waals surface area contributed by atoms with Crippen molar-refractivity contribution in [2.45, 2.75) is 12.8 Å². The predicted molar refractivity (Wildman–Crippen MR) is 93.3 cm³/mol. The molecule has 2 heterocycles. The maximum Gasteiger partial charge on any atom is 0.359 e. The van der Waals surface area contributed by atoms with Gasteiger partial charge in [0.15, 0.2) is 12.3 Å². The van der Waals surface area contributed by atoms with E-state index in [0.717, 1.165) is 5.56 Å². The second kappa shape index (κ2) is 7.61. The molecular weight excluding hydrogens is 318 g/mol. The van der Waals surface area contributed by atoms with Gasteiger partial charge in [0.1, 0.15) is 5.65 Å². The van der Waals surface area contributed by atoms with Gasteiger partial charge in [0.05, 0.1) is 0 Å². The summed E-state index contributed by atoms with van der Waals surface area (Å²) in [6.45, 7) is 2.18. The van der Waals surface area contributed by atoms with Gasteiger partial charge in [-0.15, -0.1) is 0 Å². The van der Waals surface area contributed by atoms with E-state index in [9.17, 15) is 9.59 Å². The van der Waals surface area contributed by atoms with Crippen molar-refractivity contribution < 1.29 is 14.3 Å². The molecule has 0 aliphatic carbocycles. The Morgan fingerprint density at radius 3 is 2.68 bits per heavy atom. The lowest BCUT2D eigenvalue weighted by Gasteiger charge is -2.13. The van der Waals surface area contributed by atoms with Crippen LogP contribution in [0.5, 0.6) is 0 Å². The molecule has 6 heteroatoms. The van der Waals surface area contributed by atoms with Crippen LogP contribution in [0.4, 0.5) is 0 Å². The molecule has 0 saturated heterocycles. The van der Waals surface area contributed by atoms with Crippen molar-refractivity contribution in [2.24, 2.45) is 0 Å². The number of nitrogens with one attached hydrogen (secondary N) is 1. The number of benzene rings is 1. The average molecular weight is 337 g/mol. The molecule has 0 unspecified atom stereocenters. The van der Waals surface area contributed by atoms with Gasteiger partial charge in [0, 0.05) is 18.9 Å². The SMILES string of the molecule is C[C@@H](CNC(=O)COC(=O)c1cn2ccccc2n1)c1ccccc1. The van der Waals surface area contributed by atoms with Gasteiger partial charge < -0.3 is 14.5 Å². The molecule has 0 radical (unpaired) electrons. The molecule has 1 N–H and O–H groups in total. The lowest BCUT2D eigenvalue weighted by Crippen LogP contribution is -2.31. The summed E-state index contributed by atoms with van der Waals surface area (Å²) >= 11 is 0. The normalized spacial score (nSPS) is 11.9. The van der Waals surface area contributed by atoms with Gasteiger partial charge in [-0.25, -0.2) is 9.78 Å². The molecular formula is C19H19N3O3. The molecule has 3 rings (SSSR count). The third kappa shape index (κ3) is 4.23. The minimum atomic E-state index is -0.616. The molecule has 6 nitrogen and oxygen atoms in total. The largest absolute Gasteiger partial charge is 0.451 e. The molecule has 0 saturated carbocycles. The zero-order chi connectivity index (χ0) is 17.6. The van der Waals surface area contributed by atoms with Crippen molar-refractivity contribution in [3.63, 3.8) is 0 Å². The fraction of sp³-hybridized carbons (Fsp3) is 0.211. The fourth-order valence-electron chi connectivity index (χ4n) is 2.46. The van der Waals surface area contributed by atoms with Crippen LogP contribution in [0.25, 0.3) is 5.65 Å². The highest BCUT2D eigenvalue weighted by molar-refractivity contribution is 5.90. The van der Waals surface area contributed by atoms with E-state index in [4.69, 9.17) is 4.74 Å². The van der Waals surface area contributed by atoms with E-state index in [1.165, 1.54) is 0 Å². The molecule has 0 spiro atoms. The minimum absolute atomic E-state index is 0.177. The molecule has 1 atom stereocenters. The van der Waals surface area contributed by atoms with Crippen LogP contribution in [0.15, 0.2) is 60.9 Å². The third-order valence-corrected chi connectivity index (χ3v) is 3.88. The Hall–Kier alpha value is -3.15. The first-order valence-corrected chi connectivity index (χ1v) is 8.06. The van der Waals surface area contributed by atoms with E-state index in [1.807, 2.05) is 49.4 Å². The molecule has 0 bridgehead atoms. The number of amides is 1.